The predicted octanol–water partition coefficient (Wildman–Crippen LogP) is 1.53. The van der Waals surface area contributed by atoms with Crippen LogP contribution in [0.1, 0.15) is 6.04 Å². The van der Waals surface area contributed by atoms with Crippen LogP contribution in [0.25, 0.3) is 11.3 Å². The lowest BCUT2D eigenvalue weighted by atomic mass is 9.97. The average molecular weight is 457 g/mol. The van der Waals surface area contributed by atoms with Gasteiger partial charge in [0.15, 0.2) is 0 Å². The first-order chi connectivity index (χ1) is 14.0. The maximum absolute atomic E-state index is 10.9. The molecular formula is C17H17ClN4O5S2. The van der Waals surface area contributed by atoms with Crippen LogP contribution in [0, 0.1) is 0 Å². The van der Waals surface area contributed by atoms with Crippen molar-refractivity contribution in [1.29, 1.82) is 0 Å². The topological polar surface area (TPSA) is 134 Å². The van der Waals surface area contributed by atoms with Crippen LogP contribution in [0.5, 0.6) is 5.19 Å². The number of pyridine rings is 1. The Bertz CT molecular complexity index is 986. The van der Waals surface area contributed by atoms with E-state index in [2.05, 4.69) is 15.1 Å². The van der Waals surface area contributed by atoms with Crippen LogP contribution in [-0.4, -0.2) is 70.5 Å². The Hall–Kier alpha value is -1.73. The molecule has 4 N–H and O–H groups in total. The number of hydrogen-bond donors (Lipinski definition) is 4. The van der Waals surface area contributed by atoms with Crippen LogP contribution >= 0.6 is 34.7 Å². The molecule has 0 amide bonds. The number of aromatic hydroxyl groups is 1. The van der Waals surface area contributed by atoms with Crippen LogP contribution in [0.3, 0.4) is 0 Å². The monoisotopic (exact) mass is 456 g/mol. The summed E-state index contributed by atoms with van der Waals surface area (Å²) in [7, 11) is 0. The van der Waals surface area contributed by atoms with Gasteiger partial charge in [0, 0.05) is 34.4 Å². The van der Waals surface area contributed by atoms with E-state index in [0.29, 0.717) is 21.2 Å². The van der Waals surface area contributed by atoms with E-state index in [4.69, 9.17) is 16.3 Å². The molecule has 0 unspecified atom stereocenters. The van der Waals surface area contributed by atoms with Crippen molar-refractivity contribution in [3.8, 4) is 16.5 Å². The van der Waals surface area contributed by atoms with Crippen molar-refractivity contribution in [2.45, 2.75) is 34.7 Å². The number of hydrogen-bond acceptors (Lipinski definition) is 10. The van der Waals surface area contributed by atoms with Crippen molar-refractivity contribution in [1.82, 2.24) is 19.7 Å². The highest BCUT2D eigenvalue weighted by Gasteiger charge is 2.46. The van der Waals surface area contributed by atoms with E-state index in [-0.39, 0.29) is 5.19 Å². The molecule has 3 aromatic rings. The second kappa shape index (κ2) is 8.56. The van der Waals surface area contributed by atoms with Crippen molar-refractivity contribution in [3.63, 3.8) is 0 Å². The van der Waals surface area contributed by atoms with Gasteiger partial charge in [-0.05, 0) is 6.07 Å². The van der Waals surface area contributed by atoms with Gasteiger partial charge in [-0.3, -0.25) is 9.67 Å². The molecule has 1 saturated heterocycles. The molecule has 0 spiro atoms. The van der Waals surface area contributed by atoms with E-state index in [1.54, 1.807) is 23.8 Å². The second-order valence-electron chi connectivity index (χ2n) is 6.38. The molecule has 1 aliphatic heterocycles. The van der Waals surface area contributed by atoms with E-state index in [0.717, 1.165) is 11.3 Å². The number of thiazole rings is 1. The Balaban J connectivity index is 1.61. The molecule has 3 aromatic heterocycles. The minimum absolute atomic E-state index is 0.0641. The largest absolute Gasteiger partial charge is 0.486 e. The van der Waals surface area contributed by atoms with Crippen molar-refractivity contribution in [2.24, 2.45) is 0 Å². The fourth-order valence-corrected chi connectivity index (χ4v) is 4.98. The number of halogens is 1. The predicted molar refractivity (Wildman–Crippen MR) is 107 cm³/mol. The van der Waals surface area contributed by atoms with E-state index in [1.807, 2.05) is 0 Å². The van der Waals surface area contributed by atoms with E-state index < -0.39 is 36.4 Å². The van der Waals surface area contributed by atoms with Crippen LogP contribution < -0.4 is 0 Å². The van der Waals surface area contributed by atoms with Crippen molar-refractivity contribution in [2.75, 3.05) is 6.61 Å². The molecule has 0 bridgehead atoms. The third-order valence-corrected chi connectivity index (χ3v) is 6.44. The Morgan fingerprint density at radius 3 is 2.76 bits per heavy atom. The third kappa shape index (κ3) is 4.26. The molecule has 9 nitrogen and oxygen atoms in total. The van der Waals surface area contributed by atoms with Crippen molar-refractivity contribution < 1.29 is 25.2 Å². The third-order valence-electron chi connectivity index (χ3n) is 4.48. The second-order valence-corrected chi connectivity index (χ2v) is 8.82. The maximum atomic E-state index is 10.9. The molecule has 4 rings (SSSR count). The Labute approximate surface area is 178 Å². The van der Waals surface area contributed by atoms with Crippen molar-refractivity contribution in [3.05, 3.63) is 41.3 Å². The minimum atomic E-state index is -1.19. The zero-order valence-electron chi connectivity index (χ0n) is 14.7. The first-order valence-electron chi connectivity index (χ1n) is 8.55. The fraction of sp³-hybridized carbons (Fsp3) is 0.353. The summed E-state index contributed by atoms with van der Waals surface area (Å²) in [5, 5.41) is 47.0. The number of aliphatic hydroxyl groups is 3. The molecule has 1 fully saturated rings. The van der Waals surface area contributed by atoms with Gasteiger partial charge in [-0.2, -0.15) is 5.10 Å². The van der Waals surface area contributed by atoms with Crippen LogP contribution in [-0.2, 0) is 4.74 Å². The van der Waals surface area contributed by atoms with Gasteiger partial charge in [0.05, 0.1) is 23.5 Å². The van der Waals surface area contributed by atoms with Crippen molar-refractivity contribution >= 4 is 34.7 Å². The van der Waals surface area contributed by atoms with Gasteiger partial charge in [-0.1, -0.05) is 34.7 Å². The highest BCUT2D eigenvalue weighted by molar-refractivity contribution is 7.99. The Kier molecular flexibility index (Phi) is 6.06. The fourth-order valence-electron chi connectivity index (χ4n) is 3.10. The molecule has 4 heterocycles. The quantitative estimate of drug-likeness (QED) is 0.451. The summed E-state index contributed by atoms with van der Waals surface area (Å²) in [6.07, 6.45) is 2.97. The lowest BCUT2D eigenvalue weighted by Gasteiger charge is -2.42. The number of rotatable bonds is 5. The molecule has 0 radical (unpaired) electrons. The molecule has 29 heavy (non-hydrogen) atoms. The number of aromatic nitrogens is 4. The number of thioether (sulfide) groups is 1. The summed E-state index contributed by atoms with van der Waals surface area (Å²) in [4.78, 5) is 8.68. The average Bonchev–Trinajstić information content (AvgIpc) is 3.33. The zero-order chi connectivity index (χ0) is 20.5. The highest BCUT2D eigenvalue weighted by Crippen LogP contribution is 2.38. The van der Waals surface area contributed by atoms with E-state index in [1.165, 1.54) is 28.8 Å². The SMILES string of the molecule is OC[C@H]1O[C@H](Sc2cncc(Cl)c2)[C@H](O)[C@@H](n2cc(-c3csc(O)n3)cn2)[C@H]1O. The molecule has 154 valence electrons. The van der Waals surface area contributed by atoms with Gasteiger partial charge in [-0.15, -0.1) is 0 Å². The lowest BCUT2D eigenvalue weighted by Crippen LogP contribution is -2.54. The van der Waals surface area contributed by atoms with Gasteiger partial charge in [0.1, 0.15) is 29.8 Å². The molecule has 0 aliphatic carbocycles. The molecular weight excluding hydrogens is 440 g/mol. The summed E-state index contributed by atoms with van der Waals surface area (Å²) < 4.78 is 7.13. The van der Waals surface area contributed by atoms with Gasteiger partial charge < -0.3 is 25.2 Å². The smallest absolute Gasteiger partial charge is 0.271 e. The van der Waals surface area contributed by atoms with Crippen LogP contribution in [0.15, 0.2) is 41.1 Å². The number of aliphatic hydroxyl groups excluding tert-OH is 3. The lowest BCUT2D eigenvalue weighted by molar-refractivity contribution is -0.178. The summed E-state index contributed by atoms with van der Waals surface area (Å²) in [6.45, 7) is -0.427. The summed E-state index contributed by atoms with van der Waals surface area (Å²) in [6, 6.07) is 0.816. The van der Waals surface area contributed by atoms with Gasteiger partial charge in [0.25, 0.3) is 5.19 Å². The first-order valence-corrected chi connectivity index (χ1v) is 10.7. The number of nitrogens with zero attached hydrogens (tertiary/aromatic N) is 4. The highest BCUT2D eigenvalue weighted by atomic mass is 35.5. The van der Waals surface area contributed by atoms with Crippen LogP contribution in [0.4, 0.5) is 0 Å². The molecule has 12 heteroatoms. The summed E-state index contributed by atoms with van der Waals surface area (Å²) in [5.41, 5.74) is 0.359. The van der Waals surface area contributed by atoms with Gasteiger partial charge >= 0.3 is 0 Å². The van der Waals surface area contributed by atoms with Crippen LogP contribution in [0.2, 0.25) is 5.02 Å². The van der Waals surface area contributed by atoms with E-state index in [9.17, 15) is 20.4 Å². The van der Waals surface area contributed by atoms with Gasteiger partial charge in [-0.25, -0.2) is 4.98 Å². The Morgan fingerprint density at radius 1 is 1.24 bits per heavy atom. The maximum Gasteiger partial charge on any atom is 0.271 e. The van der Waals surface area contributed by atoms with E-state index >= 15 is 0 Å². The Morgan fingerprint density at radius 2 is 2.07 bits per heavy atom. The number of ether oxygens (including phenoxy) is 1. The zero-order valence-corrected chi connectivity index (χ0v) is 17.1. The van der Waals surface area contributed by atoms with Gasteiger partial charge in [0.2, 0.25) is 0 Å². The normalized spacial score (nSPS) is 27.2. The molecule has 0 saturated carbocycles. The minimum Gasteiger partial charge on any atom is -0.486 e. The molecule has 0 aromatic carbocycles. The molecule has 1 aliphatic rings. The first kappa shape index (κ1) is 20.5. The summed E-state index contributed by atoms with van der Waals surface area (Å²) in [5.74, 6) is 0. The standard InChI is InChI=1S/C17H17ClN4O5S2/c18-9-1-10(4-19-3-9)29-16-15(25)13(14(24)12(6-23)27-16)22-5-8(2-20-22)11-7-28-17(26)21-11/h1-5,7,12-16,23-25H,6H2,(H,21,26)/t12-,13+,14+,15-,16-/m1/s1. The molecule has 5 atom stereocenters. The summed E-state index contributed by atoms with van der Waals surface area (Å²) >= 11 is 8.24.